The fourth-order valence-electron chi connectivity index (χ4n) is 1.05. The third-order valence-corrected chi connectivity index (χ3v) is 1.91. The maximum absolute atomic E-state index is 11.5. The Labute approximate surface area is 107 Å². The molecule has 0 aliphatic carbocycles. The number of allylic oxidation sites excluding steroid dienone is 1. The van der Waals surface area contributed by atoms with Crippen LogP contribution in [0, 0.1) is 0 Å². The van der Waals surface area contributed by atoms with E-state index in [2.05, 4.69) is 19.9 Å². The van der Waals surface area contributed by atoms with E-state index in [1.807, 2.05) is 0 Å². The van der Waals surface area contributed by atoms with Crippen LogP contribution in [0.25, 0.3) is 0 Å². The Kier molecular flexibility index (Phi) is 4.75. The van der Waals surface area contributed by atoms with Crippen LogP contribution in [0.1, 0.15) is 24.3 Å². The molecule has 1 amide bonds. The molecule has 0 aliphatic heterocycles. The van der Waals surface area contributed by atoms with Crippen molar-refractivity contribution in [2.24, 2.45) is 10.7 Å². The molecule has 0 fully saturated rings. The molecule has 0 saturated carbocycles. The zero-order chi connectivity index (χ0) is 14.4. The molecule has 1 rings (SSSR count). The average molecular weight is 268 g/mol. The van der Waals surface area contributed by atoms with Gasteiger partial charge in [0.05, 0.1) is 6.61 Å². The Bertz CT molecular complexity index is 542. The predicted molar refractivity (Wildman–Crippen MR) is 62.9 cm³/mol. The molecule has 1 aromatic rings. The lowest BCUT2D eigenvalue weighted by atomic mass is 10.2. The van der Waals surface area contributed by atoms with Gasteiger partial charge in [0.25, 0.3) is 5.91 Å². The molecule has 19 heavy (non-hydrogen) atoms. The third-order valence-electron chi connectivity index (χ3n) is 1.91. The van der Waals surface area contributed by atoms with E-state index in [1.54, 1.807) is 6.92 Å². The van der Waals surface area contributed by atoms with Gasteiger partial charge in [0.2, 0.25) is 11.5 Å². The zero-order valence-electron chi connectivity index (χ0n) is 10.3. The minimum absolute atomic E-state index is 0.140. The Balaban J connectivity index is 3.01. The van der Waals surface area contributed by atoms with Crippen molar-refractivity contribution in [3.05, 3.63) is 17.0 Å². The molecule has 0 unspecified atom stereocenters. The normalized spacial score (nSPS) is 12.3. The summed E-state index contributed by atoms with van der Waals surface area (Å²) in [5.41, 5.74) is 4.54. The summed E-state index contributed by atoms with van der Waals surface area (Å²) in [6, 6.07) is 0. The highest BCUT2D eigenvalue weighted by Crippen LogP contribution is 2.13. The first-order valence-corrected chi connectivity index (χ1v) is 5.20. The summed E-state index contributed by atoms with van der Waals surface area (Å²) in [5.74, 6) is -2.13. The van der Waals surface area contributed by atoms with Gasteiger partial charge < -0.3 is 15.6 Å². The minimum atomic E-state index is -0.879. The number of aliphatic hydroxyl groups is 1. The van der Waals surface area contributed by atoms with Crippen LogP contribution < -0.4 is 5.73 Å². The highest BCUT2D eigenvalue weighted by Gasteiger charge is 2.16. The van der Waals surface area contributed by atoms with Crippen molar-refractivity contribution in [2.45, 2.75) is 13.8 Å². The van der Waals surface area contributed by atoms with Crippen LogP contribution in [0.5, 0.6) is 0 Å². The molecule has 0 radical (unpaired) electrons. The van der Waals surface area contributed by atoms with Gasteiger partial charge in [-0.05, 0) is 24.2 Å². The van der Waals surface area contributed by atoms with E-state index in [1.165, 1.54) is 6.92 Å². The molecule has 3 N–H and O–H groups in total. The van der Waals surface area contributed by atoms with Gasteiger partial charge in [0.15, 0.2) is 0 Å². The van der Waals surface area contributed by atoms with Crippen molar-refractivity contribution >= 4 is 23.9 Å². The number of ether oxygens (including phenoxy) is 1. The summed E-state index contributed by atoms with van der Waals surface area (Å²) in [6.07, 6.45) is 0.985. The predicted octanol–water partition coefficient (Wildman–Crippen LogP) is 0.266. The lowest BCUT2D eigenvalue weighted by Gasteiger charge is -2.02. The molecule has 9 heteroatoms. The highest BCUT2D eigenvalue weighted by molar-refractivity contribution is 6.10. The summed E-state index contributed by atoms with van der Waals surface area (Å²) >= 11 is 0. The SMILES string of the molecule is CCOC(=O)/C(C=Nc1nonc1C(N)=O)=C(\C)O. The first-order chi connectivity index (χ1) is 8.97. The van der Waals surface area contributed by atoms with E-state index in [9.17, 15) is 14.7 Å². The zero-order valence-corrected chi connectivity index (χ0v) is 10.3. The smallest absolute Gasteiger partial charge is 0.343 e. The third kappa shape index (κ3) is 3.63. The summed E-state index contributed by atoms with van der Waals surface area (Å²) in [5, 5.41) is 15.9. The van der Waals surface area contributed by atoms with Crippen molar-refractivity contribution in [1.82, 2.24) is 10.3 Å². The van der Waals surface area contributed by atoms with Crippen LogP contribution in [-0.2, 0) is 9.53 Å². The van der Waals surface area contributed by atoms with Gasteiger partial charge in [-0.15, -0.1) is 0 Å². The monoisotopic (exact) mass is 268 g/mol. The van der Waals surface area contributed by atoms with Gasteiger partial charge in [-0.2, -0.15) is 0 Å². The van der Waals surface area contributed by atoms with Crippen LogP contribution >= 0.6 is 0 Å². The number of aliphatic imine (C=N–C) groups is 1. The average Bonchev–Trinajstić information content (AvgIpc) is 2.77. The first-order valence-electron chi connectivity index (χ1n) is 5.20. The second kappa shape index (κ2) is 6.28. The van der Waals surface area contributed by atoms with Crippen LogP contribution in [0.2, 0.25) is 0 Å². The topological polar surface area (TPSA) is 141 Å². The van der Waals surface area contributed by atoms with Crippen LogP contribution in [0.3, 0.4) is 0 Å². The Morgan fingerprint density at radius 3 is 2.74 bits per heavy atom. The lowest BCUT2D eigenvalue weighted by Crippen LogP contribution is -2.12. The van der Waals surface area contributed by atoms with E-state index in [0.29, 0.717) is 0 Å². The number of aromatic nitrogens is 2. The van der Waals surface area contributed by atoms with E-state index < -0.39 is 11.9 Å². The van der Waals surface area contributed by atoms with Crippen molar-refractivity contribution in [3.63, 3.8) is 0 Å². The number of hydrogen-bond acceptors (Lipinski definition) is 8. The van der Waals surface area contributed by atoms with Crippen LogP contribution in [0.15, 0.2) is 21.0 Å². The molecule has 0 atom stereocenters. The van der Waals surface area contributed by atoms with Crippen molar-refractivity contribution in [2.75, 3.05) is 6.61 Å². The van der Waals surface area contributed by atoms with E-state index in [4.69, 9.17) is 10.5 Å². The second-order valence-corrected chi connectivity index (χ2v) is 3.28. The van der Waals surface area contributed by atoms with Gasteiger partial charge in [-0.1, -0.05) is 0 Å². The molecule has 9 nitrogen and oxygen atoms in total. The Hall–Kier alpha value is -2.71. The molecule has 0 saturated heterocycles. The fraction of sp³-hybridized carbons (Fsp3) is 0.300. The van der Waals surface area contributed by atoms with Gasteiger partial charge in [0.1, 0.15) is 11.3 Å². The molecule has 102 valence electrons. The number of esters is 1. The lowest BCUT2D eigenvalue weighted by molar-refractivity contribution is -0.138. The number of amides is 1. The number of primary amides is 1. The van der Waals surface area contributed by atoms with Crippen molar-refractivity contribution < 1.29 is 24.1 Å². The standard InChI is InChI=1S/C10H12N4O5/c1-3-18-10(17)6(5(2)15)4-12-9-7(8(11)16)13-19-14-9/h4,15H,3H2,1-2H3,(H2,11,16)/b6-5+,12-4?. The molecule has 1 aromatic heterocycles. The van der Waals surface area contributed by atoms with Crippen molar-refractivity contribution in [1.29, 1.82) is 0 Å². The molecular weight excluding hydrogens is 256 g/mol. The molecule has 1 heterocycles. The minimum Gasteiger partial charge on any atom is -0.512 e. The number of nitrogens with zero attached hydrogens (tertiary/aromatic N) is 3. The quantitative estimate of drug-likeness (QED) is 0.337. The first kappa shape index (κ1) is 14.4. The Morgan fingerprint density at radius 1 is 1.53 bits per heavy atom. The number of carbonyl (C=O) groups is 2. The summed E-state index contributed by atoms with van der Waals surface area (Å²) in [4.78, 5) is 26.1. The molecule has 0 bridgehead atoms. The van der Waals surface area contributed by atoms with Crippen molar-refractivity contribution in [3.8, 4) is 0 Å². The van der Waals surface area contributed by atoms with Crippen LogP contribution in [0.4, 0.5) is 5.82 Å². The molecule has 0 aliphatic rings. The number of aliphatic hydroxyl groups excluding tert-OH is 1. The van der Waals surface area contributed by atoms with E-state index in [0.717, 1.165) is 6.21 Å². The number of carbonyl (C=O) groups excluding carboxylic acids is 2. The number of hydrogen-bond donors (Lipinski definition) is 2. The molecular formula is C10H12N4O5. The number of rotatable bonds is 5. The maximum atomic E-state index is 11.5. The van der Waals surface area contributed by atoms with E-state index in [-0.39, 0.29) is 29.5 Å². The van der Waals surface area contributed by atoms with Gasteiger partial charge in [-0.25, -0.2) is 14.4 Å². The summed E-state index contributed by atoms with van der Waals surface area (Å²) in [7, 11) is 0. The van der Waals surface area contributed by atoms with Gasteiger partial charge in [-0.3, -0.25) is 4.79 Å². The fourth-order valence-corrected chi connectivity index (χ4v) is 1.05. The van der Waals surface area contributed by atoms with Gasteiger partial charge >= 0.3 is 5.97 Å². The van der Waals surface area contributed by atoms with Gasteiger partial charge in [0, 0.05) is 6.21 Å². The molecule has 0 aromatic carbocycles. The molecule has 0 spiro atoms. The largest absolute Gasteiger partial charge is 0.512 e. The van der Waals surface area contributed by atoms with E-state index >= 15 is 0 Å². The number of nitrogens with two attached hydrogens (primary N) is 1. The Morgan fingerprint density at radius 2 is 2.21 bits per heavy atom. The van der Waals surface area contributed by atoms with Crippen LogP contribution in [-0.4, -0.2) is 40.1 Å². The summed E-state index contributed by atoms with van der Waals surface area (Å²) < 4.78 is 9.01. The second-order valence-electron chi connectivity index (χ2n) is 3.28. The maximum Gasteiger partial charge on any atom is 0.343 e. The highest BCUT2D eigenvalue weighted by atomic mass is 16.6. The summed E-state index contributed by atoms with van der Waals surface area (Å²) in [6.45, 7) is 3.04.